The molecule has 5 heteroatoms. The zero-order chi connectivity index (χ0) is 13.5. The number of benzene rings is 1. The number of hydrogen-bond donors (Lipinski definition) is 2. The van der Waals surface area contributed by atoms with E-state index in [4.69, 9.17) is 15.2 Å². The summed E-state index contributed by atoms with van der Waals surface area (Å²) in [6, 6.07) is 5.41. The fourth-order valence-electron chi connectivity index (χ4n) is 1.79. The molecule has 0 heterocycles. The van der Waals surface area contributed by atoms with Gasteiger partial charge in [-0.05, 0) is 24.2 Å². The van der Waals surface area contributed by atoms with Crippen molar-refractivity contribution in [1.29, 1.82) is 0 Å². The Bertz CT molecular complexity index is 385. The SMILES string of the molecule is CCNC(CC(N)=O)c1cc(OC)cc(OC)c1. The Kier molecular flexibility index (Phi) is 5.45. The standard InChI is InChI=1S/C13H20N2O3/c1-4-15-12(8-13(14)16)9-5-10(17-2)7-11(6-9)18-3/h5-7,12,15H,4,8H2,1-3H3,(H2,14,16). The third-order valence-corrected chi connectivity index (χ3v) is 2.63. The van der Waals surface area contributed by atoms with E-state index in [2.05, 4.69) is 5.32 Å². The first-order chi connectivity index (χ1) is 8.60. The minimum absolute atomic E-state index is 0.128. The summed E-state index contributed by atoms with van der Waals surface area (Å²) >= 11 is 0. The average Bonchev–Trinajstić information content (AvgIpc) is 2.37. The number of nitrogens with one attached hydrogen (secondary N) is 1. The van der Waals surface area contributed by atoms with Gasteiger partial charge in [-0.1, -0.05) is 6.92 Å². The van der Waals surface area contributed by atoms with Crippen molar-refractivity contribution in [3.05, 3.63) is 23.8 Å². The lowest BCUT2D eigenvalue weighted by molar-refractivity contribution is -0.118. The van der Waals surface area contributed by atoms with E-state index in [1.165, 1.54) is 0 Å². The van der Waals surface area contributed by atoms with Gasteiger partial charge in [-0.2, -0.15) is 0 Å². The topological polar surface area (TPSA) is 73.6 Å². The summed E-state index contributed by atoms with van der Waals surface area (Å²) in [5, 5.41) is 3.22. The van der Waals surface area contributed by atoms with Crippen LogP contribution in [-0.4, -0.2) is 26.7 Å². The first-order valence-corrected chi connectivity index (χ1v) is 5.85. The highest BCUT2D eigenvalue weighted by molar-refractivity contribution is 5.74. The van der Waals surface area contributed by atoms with E-state index in [0.29, 0.717) is 11.5 Å². The quantitative estimate of drug-likeness (QED) is 0.765. The van der Waals surface area contributed by atoms with Crippen molar-refractivity contribution in [2.75, 3.05) is 20.8 Å². The van der Waals surface area contributed by atoms with Gasteiger partial charge in [-0.15, -0.1) is 0 Å². The molecule has 1 atom stereocenters. The molecule has 0 aromatic heterocycles. The molecule has 0 fully saturated rings. The Hall–Kier alpha value is -1.75. The van der Waals surface area contributed by atoms with Gasteiger partial charge in [-0.3, -0.25) is 4.79 Å². The van der Waals surface area contributed by atoms with Gasteiger partial charge in [0.05, 0.1) is 14.2 Å². The van der Waals surface area contributed by atoms with E-state index < -0.39 is 0 Å². The van der Waals surface area contributed by atoms with Crippen LogP contribution in [-0.2, 0) is 4.79 Å². The summed E-state index contributed by atoms with van der Waals surface area (Å²) in [5.74, 6) is 1.04. The molecule has 1 aromatic carbocycles. The predicted molar refractivity (Wildman–Crippen MR) is 69.8 cm³/mol. The van der Waals surface area contributed by atoms with E-state index in [9.17, 15) is 4.79 Å². The molecule has 5 nitrogen and oxygen atoms in total. The van der Waals surface area contributed by atoms with Crippen LogP contribution in [0.1, 0.15) is 24.9 Å². The van der Waals surface area contributed by atoms with Crippen LogP contribution in [0.5, 0.6) is 11.5 Å². The Labute approximate surface area is 107 Å². The lowest BCUT2D eigenvalue weighted by atomic mass is 10.0. The molecule has 100 valence electrons. The van der Waals surface area contributed by atoms with Gasteiger partial charge in [0.15, 0.2) is 0 Å². The summed E-state index contributed by atoms with van der Waals surface area (Å²) in [7, 11) is 3.18. The Balaban J connectivity index is 3.05. The van der Waals surface area contributed by atoms with Crippen LogP contribution < -0.4 is 20.5 Å². The number of carbonyl (C=O) groups is 1. The van der Waals surface area contributed by atoms with Crippen molar-refractivity contribution < 1.29 is 14.3 Å². The zero-order valence-electron chi connectivity index (χ0n) is 11.0. The van der Waals surface area contributed by atoms with Crippen LogP contribution in [0.4, 0.5) is 0 Å². The fraction of sp³-hybridized carbons (Fsp3) is 0.462. The second-order valence-corrected chi connectivity index (χ2v) is 3.93. The summed E-state index contributed by atoms with van der Waals surface area (Å²) in [4.78, 5) is 11.1. The normalized spacial score (nSPS) is 11.9. The van der Waals surface area contributed by atoms with Crippen LogP contribution in [0.3, 0.4) is 0 Å². The van der Waals surface area contributed by atoms with E-state index >= 15 is 0 Å². The largest absolute Gasteiger partial charge is 0.497 e. The number of methoxy groups -OCH3 is 2. The van der Waals surface area contributed by atoms with Crippen molar-refractivity contribution in [3.63, 3.8) is 0 Å². The molecule has 0 saturated heterocycles. The Morgan fingerprint density at radius 2 is 1.83 bits per heavy atom. The molecule has 0 aliphatic carbocycles. The van der Waals surface area contributed by atoms with Gasteiger partial charge < -0.3 is 20.5 Å². The van der Waals surface area contributed by atoms with E-state index in [1.807, 2.05) is 19.1 Å². The van der Waals surface area contributed by atoms with Crippen LogP contribution in [0, 0.1) is 0 Å². The van der Waals surface area contributed by atoms with Crippen molar-refractivity contribution in [3.8, 4) is 11.5 Å². The third kappa shape index (κ3) is 3.92. The maximum atomic E-state index is 11.1. The number of amides is 1. The molecule has 0 aliphatic rings. The molecular formula is C13H20N2O3. The summed E-state index contributed by atoms with van der Waals surface area (Å²) in [6.45, 7) is 2.73. The minimum atomic E-state index is -0.345. The van der Waals surface area contributed by atoms with Gasteiger partial charge in [0.1, 0.15) is 11.5 Å². The maximum Gasteiger partial charge on any atom is 0.219 e. The maximum absolute atomic E-state index is 11.1. The van der Waals surface area contributed by atoms with Gasteiger partial charge in [0.25, 0.3) is 0 Å². The molecule has 1 rings (SSSR count). The second kappa shape index (κ2) is 6.86. The average molecular weight is 252 g/mol. The molecule has 0 saturated carbocycles. The summed E-state index contributed by atoms with van der Waals surface area (Å²) in [5.41, 5.74) is 6.18. The highest BCUT2D eigenvalue weighted by Gasteiger charge is 2.15. The number of ether oxygens (including phenoxy) is 2. The molecule has 1 aromatic rings. The van der Waals surface area contributed by atoms with E-state index in [0.717, 1.165) is 12.1 Å². The van der Waals surface area contributed by atoms with Crippen LogP contribution in [0.15, 0.2) is 18.2 Å². The summed E-state index contributed by atoms with van der Waals surface area (Å²) in [6.07, 6.45) is 0.240. The molecule has 0 radical (unpaired) electrons. The minimum Gasteiger partial charge on any atom is -0.497 e. The lowest BCUT2D eigenvalue weighted by Crippen LogP contribution is -2.26. The van der Waals surface area contributed by atoms with Crippen molar-refractivity contribution in [2.45, 2.75) is 19.4 Å². The van der Waals surface area contributed by atoms with Crippen molar-refractivity contribution >= 4 is 5.91 Å². The number of nitrogens with two attached hydrogens (primary N) is 1. The van der Waals surface area contributed by atoms with Gasteiger partial charge in [0.2, 0.25) is 5.91 Å². The highest BCUT2D eigenvalue weighted by atomic mass is 16.5. The Morgan fingerprint density at radius 1 is 1.28 bits per heavy atom. The van der Waals surface area contributed by atoms with Crippen LogP contribution >= 0.6 is 0 Å². The molecule has 0 spiro atoms. The number of primary amides is 1. The van der Waals surface area contributed by atoms with E-state index in [-0.39, 0.29) is 18.4 Å². The van der Waals surface area contributed by atoms with Gasteiger partial charge >= 0.3 is 0 Å². The fourth-order valence-corrected chi connectivity index (χ4v) is 1.79. The molecule has 1 amide bonds. The first kappa shape index (κ1) is 14.3. The zero-order valence-corrected chi connectivity index (χ0v) is 11.0. The number of hydrogen-bond acceptors (Lipinski definition) is 4. The Morgan fingerprint density at radius 3 is 2.22 bits per heavy atom. The highest BCUT2D eigenvalue weighted by Crippen LogP contribution is 2.27. The molecule has 18 heavy (non-hydrogen) atoms. The molecule has 3 N–H and O–H groups in total. The van der Waals surface area contributed by atoms with Crippen LogP contribution in [0.25, 0.3) is 0 Å². The molecule has 1 unspecified atom stereocenters. The second-order valence-electron chi connectivity index (χ2n) is 3.93. The smallest absolute Gasteiger partial charge is 0.219 e. The number of carbonyl (C=O) groups excluding carboxylic acids is 1. The molecular weight excluding hydrogens is 232 g/mol. The third-order valence-electron chi connectivity index (χ3n) is 2.63. The monoisotopic (exact) mass is 252 g/mol. The first-order valence-electron chi connectivity index (χ1n) is 5.85. The number of rotatable bonds is 7. The lowest BCUT2D eigenvalue weighted by Gasteiger charge is -2.18. The molecule has 0 bridgehead atoms. The van der Waals surface area contributed by atoms with Gasteiger partial charge in [0, 0.05) is 18.5 Å². The predicted octanol–water partition coefficient (Wildman–Crippen LogP) is 1.23. The van der Waals surface area contributed by atoms with Crippen LogP contribution in [0.2, 0.25) is 0 Å². The van der Waals surface area contributed by atoms with E-state index in [1.54, 1.807) is 20.3 Å². The molecule has 0 aliphatic heterocycles. The van der Waals surface area contributed by atoms with Crippen molar-refractivity contribution in [2.24, 2.45) is 5.73 Å². The summed E-state index contributed by atoms with van der Waals surface area (Å²) < 4.78 is 10.4. The van der Waals surface area contributed by atoms with Gasteiger partial charge in [-0.25, -0.2) is 0 Å². The van der Waals surface area contributed by atoms with Crippen molar-refractivity contribution in [1.82, 2.24) is 5.32 Å².